The van der Waals surface area contributed by atoms with E-state index in [0.29, 0.717) is 17.0 Å². The second kappa shape index (κ2) is 5.43. The first-order valence-corrected chi connectivity index (χ1v) is 6.59. The maximum absolute atomic E-state index is 6.09. The third-order valence-electron chi connectivity index (χ3n) is 2.02. The first-order valence-electron chi connectivity index (χ1n) is 5.13. The molecule has 0 bridgehead atoms. The summed E-state index contributed by atoms with van der Waals surface area (Å²) in [4.78, 5) is 8.87. The molecular weight excluding hydrogens is 322 g/mol. The summed E-state index contributed by atoms with van der Waals surface area (Å²) >= 11 is 8.30. The molecule has 1 rings (SSSR count). The minimum atomic E-state index is 0.392. The van der Waals surface area contributed by atoms with Gasteiger partial charge in [-0.2, -0.15) is 0 Å². The standard InChI is InChI=1S/C11H16ClIN2/c1-6(2)5-8-14-10(7(3)4)9(13)11(12)15-8/h6-7H,5H2,1-4H3. The van der Waals surface area contributed by atoms with E-state index < -0.39 is 0 Å². The average molecular weight is 339 g/mol. The number of nitrogens with zero attached hydrogens (tertiary/aromatic N) is 2. The van der Waals surface area contributed by atoms with Crippen molar-refractivity contribution in [1.82, 2.24) is 9.97 Å². The quantitative estimate of drug-likeness (QED) is 0.613. The van der Waals surface area contributed by atoms with Crippen LogP contribution in [0.2, 0.25) is 5.15 Å². The first-order chi connectivity index (χ1) is 6.91. The van der Waals surface area contributed by atoms with Crippen LogP contribution < -0.4 is 0 Å². The first kappa shape index (κ1) is 13.2. The van der Waals surface area contributed by atoms with E-state index >= 15 is 0 Å². The summed E-state index contributed by atoms with van der Waals surface area (Å²) in [5, 5.41) is 0.588. The molecule has 4 heteroatoms. The molecule has 0 aliphatic rings. The van der Waals surface area contributed by atoms with Gasteiger partial charge in [0.25, 0.3) is 0 Å². The number of halogens is 2. The van der Waals surface area contributed by atoms with Crippen LogP contribution in [0.1, 0.15) is 45.1 Å². The van der Waals surface area contributed by atoms with Crippen molar-refractivity contribution in [1.29, 1.82) is 0 Å². The van der Waals surface area contributed by atoms with Crippen LogP contribution in [-0.4, -0.2) is 9.97 Å². The molecule has 0 unspecified atom stereocenters. The number of hydrogen-bond donors (Lipinski definition) is 0. The van der Waals surface area contributed by atoms with Crippen molar-refractivity contribution in [2.75, 3.05) is 0 Å². The number of aromatic nitrogens is 2. The SMILES string of the molecule is CC(C)Cc1nc(Cl)c(I)c(C(C)C)n1. The lowest BCUT2D eigenvalue weighted by molar-refractivity contribution is 0.613. The van der Waals surface area contributed by atoms with Gasteiger partial charge in [0.2, 0.25) is 0 Å². The predicted octanol–water partition coefficient (Wildman–Crippen LogP) is 4.06. The summed E-state index contributed by atoms with van der Waals surface area (Å²) in [6.45, 7) is 8.56. The zero-order chi connectivity index (χ0) is 11.6. The molecule has 0 radical (unpaired) electrons. The Labute approximate surface area is 110 Å². The fourth-order valence-corrected chi connectivity index (χ4v) is 2.38. The van der Waals surface area contributed by atoms with Crippen LogP contribution in [0.3, 0.4) is 0 Å². The number of hydrogen-bond acceptors (Lipinski definition) is 2. The second-order valence-corrected chi connectivity index (χ2v) is 5.82. The Hall–Kier alpha value is 0.1000. The summed E-state index contributed by atoms with van der Waals surface area (Å²) in [5.41, 5.74) is 1.06. The van der Waals surface area contributed by atoms with Crippen LogP contribution in [0.25, 0.3) is 0 Å². The monoisotopic (exact) mass is 338 g/mol. The molecule has 0 N–H and O–H groups in total. The normalized spacial score (nSPS) is 11.5. The molecule has 0 aromatic carbocycles. The fraction of sp³-hybridized carbons (Fsp3) is 0.636. The van der Waals surface area contributed by atoms with Crippen molar-refractivity contribution < 1.29 is 0 Å². The Balaban J connectivity index is 3.11. The van der Waals surface area contributed by atoms with Gasteiger partial charge in [0, 0.05) is 6.42 Å². The summed E-state index contributed by atoms with van der Waals surface area (Å²) < 4.78 is 0.983. The molecule has 0 saturated carbocycles. The molecule has 0 aliphatic heterocycles. The van der Waals surface area contributed by atoms with Crippen LogP contribution >= 0.6 is 34.2 Å². The van der Waals surface area contributed by atoms with Crippen molar-refractivity contribution in [3.63, 3.8) is 0 Å². The topological polar surface area (TPSA) is 25.8 Å². The van der Waals surface area contributed by atoms with E-state index in [1.165, 1.54) is 0 Å². The zero-order valence-electron chi connectivity index (χ0n) is 9.51. The smallest absolute Gasteiger partial charge is 0.146 e. The van der Waals surface area contributed by atoms with Crippen LogP contribution in [-0.2, 0) is 6.42 Å². The molecule has 0 aliphatic carbocycles. The van der Waals surface area contributed by atoms with Crippen LogP contribution in [0.5, 0.6) is 0 Å². The van der Waals surface area contributed by atoms with Crippen molar-refractivity contribution in [3.05, 3.63) is 20.2 Å². The summed E-state index contributed by atoms with van der Waals surface area (Å²) in [7, 11) is 0. The van der Waals surface area contributed by atoms with Crippen molar-refractivity contribution >= 4 is 34.2 Å². The third kappa shape index (κ3) is 3.55. The van der Waals surface area contributed by atoms with Gasteiger partial charge in [0.1, 0.15) is 11.0 Å². The highest BCUT2D eigenvalue weighted by atomic mass is 127. The summed E-state index contributed by atoms with van der Waals surface area (Å²) in [6, 6.07) is 0. The Morgan fingerprint density at radius 3 is 2.27 bits per heavy atom. The maximum atomic E-state index is 6.09. The molecule has 0 spiro atoms. The zero-order valence-corrected chi connectivity index (χ0v) is 12.4. The molecule has 0 saturated heterocycles. The Kier molecular flexibility index (Phi) is 4.77. The van der Waals surface area contributed by atoms with Crippen molar-refractivity contribution in [2.45, 2.75) is 40.0 Å². The largest absolute Gasteiger partial charge is 0.236 e. The van der Waals surface area contributed by atoms with Gasteiger partial charge in [-0.3, -0.25) is 0 Å². The molecule has 1 aromatic heterocycles. The Morgan fingerprint density at radius 2 is 1.80 bits per heavy atom. The van der Waals surface area contributed by atoms with E-state index in [1.54, 1.807) is 0 Å². The van der Waals surface area contributed by atoms with Crippen molar-refractivity contribution in [3.8, 4) is 0 Å². The lowest BCUT2D eigenvalue weighted by Crippen LogP contribution is -2.07. The lowest BCUT2D eigenvalue weighted by atomic mass is 10.1. The maximum Gasteiger partial charge on any atom is 0.146 e. The van der Waals surface area contributed by atoms with Gasteiger partial charge in [-0.05, 0) is 34.4 Å². The van der Waals surface area contributed by atoms with E-state index in [0.717, 1.165) is 21.5 Å². The van der Waals surface area contributed by atoms with E-state index in [1.807, 2.05) is 0 Å². The molecule has 1 aromatic rings. The average Bonchev–Trinajstić information content (AvgIpc) is 2.09. The van der Waals surface area contributed by atoms with Crippen LogP contribution in [0.4, 0.5) is 0 Å². The van der Waals surface area contributed by atoms with Gasteiger partial charge in [-0.1, -0.05) is 39.3 Å². The second-order valence-electron chi connectivity index (χ2n) is 4.38. The minimum Gasteiger partial charge on any atom is -0.236 e. The molecule has 15 heavy (non-hydrogen) atoms. The fourth-order valence-electron chi connectivity index (χ4n) is 1.32. The molecular formula is C11H16ClIN2. The lowest BCUT2D eigenvalue weighted by Gasteiger charge is -2.11. The van der Waals surface area contributed by atoms with E-state index in [2.05, 4.69) is 60.3 Å². The predicted molar refractivity (Wildman–Crippen MR) is 72.4 cm³/mol. The summed E-state index contributed by atoms with van der Waals surface area (Å²) in [5.74, 6) is 1.81. The molecule has 84 valence electrons. The Morgan fingerprint density at radius 1 is 1.20 bits per heavy atom. The number of rotatable bonds is 3. The molecule has 1 heterocycles. The highest BCUT2D eigenvalue weighted by molar-refractivity contribution is 14.1. The summed E-state index contributed by atoms with van der Waals surface area (Å²) in [6.07, 6.45) is 0.885. The van der Waals surface area contributed by atoms with Gasteiger partial charge in [0.15, 0.2) is 0 Å². The van der Waals surface area contributed by atoms with Gasteiger partial charge in [0.05, 0.1) is 9.26 Å². The van der Waals surface area contributed by atoms with Crippen molar-refractivity contribution in [2.24, 2.45) is 5.92 Å². The molecule has 0 atom stereocenters. The Bertz CT molecular complexity index is 351. The molecule has 2 nitrogen and oxygen atoms in total. The molecule has 0 fully saturated rings. The van der Waals surface area contributed by atoms with Crippen LogP contribution in [0, 0.1) is 9.49 Å². The highest BCUT2D eigenvalue weighted by Gasteiger charge is 2.13. The highest BCUT2D eigenvalue weighted by Crippen LogP contribution is 2.25. The van der Waals surface area contributed by atoms with Crippen LogP contribution in [0.15, 0.2) is 0 Å². The van der Waals surface area contributed by atoms with E-state index in [-0.39, 0.29) is 0 Å². The van der Waals surface area contributed by atoms with Gasteiger partial charge in [-0.25, -0.2) is 9.97 Å². The van der Waals surface area contributed by atoms with Gasteiger partial charge >= 0.3 is 0 Å². The van der Waals surface area contributed by atoms with E-state index in [9.17, 15) is 0 Å². The van der Waals surface area contributed by atoms with E-state index in [4.69, 9.17) is 11.6 Å². The molecule has 0 amide bonds. The minimum absolute atomic E-state index is 0.392. The van der Waals surface area contributed by atoms with Gasteiger partial charge in [-0.15, -0.1) is 0 Å². The third-order valence-corrected chi connectivity index (χ3v) is 3.68. The van der Waals surface area contributed by atoms with Gasteiger partial charge < -0.3 is 0 Å².